The van der Waals surface area contributed by atoms with Crippen molar-refractivity contribution in [2.75, 3.05) is 0 Å². The molecule has 2 N–H and O–H groups in total. The van der Waals surface area contributed by atoms with Crippen LogP contribution in [-0.4, -0.2) is 68.8 Å². The van der Waals surface area contributed by atoms with E-state index in [0.717, 1.165) is 55.7 Å². The Kier molecular flexibility index (Phi) is 30.1. The summed E-state index contributed by atoms with van der Waals surface area (Å²) < 4.78 is 76.2. The minimum absolute atomic E-state index is 0. The average molecular weight is 963 g/mol. The van der Waals surface area contributed by atoms with Crippen molar-refractivity contribution in [3.63, 3.8) is 0 Å². The van der Waals surface area contributed by atoms with E-state index in [4.69, 9.17) is 14.0 Å². The van der Waals surface area contributed by atoms with Crippen LogP contribution in [0.5, 0.6) is 34.5 Å². The molecule has 0 radical (unpaired) electrons. The molecule has 0 unspecified atom stereocenters. The number of aryl methyl sites for hydroxylation is 2. The molecule has 4 rings (SSSR count). The predicted octanol–water partition coefficient (Wildman–Crippen LogP) is 14.0. The predicted molar refractivity (Wildman–Crippen MR) is 260 cm³/mol. The molecule has 0 aliphatic heterocycles. The smallest absolute Gasteiger partial charge is 0.872 e. The van der Waals surface area contributed by atoms with Gasteiger partial charge in [-0.2, -0.15) is 8.42 Å². The summed E-state index contributed by atoms with van der Waals surface area (Å²) in [5.74, 6) is 1.31. The van der Waals surface area contributed by atoms with Crippen molar-refractivity contribution in [2.45, 2.75) is 191 Å². The Balaban J connectivity index is 0.000000440. The molecule has 0 saturated heterocycles. The van der Waals surface area contributed by atoms with Gasteiger partial charge in [0, 0.05) is 12.1 Å². The molecule has 4 aromatic carbocycles. The molecule has 0 atom stereocenters. The maximum absolute atomic E-state index is 12.4. The van der Waals surface area contributed by atoms with Gasteiger partial charge in [0.15, 0.2) is 0 Å². The largest absolute Gasteiger partial charge is 2.00 e. The van der Waals surface area contributed by atoms with Crippen LogP contribution >= 0.6 is 0 Å². The topological polar surface area (TPSA) is 173 Å². The maximum Gasteiger partial charge on any atom is 2.00 e. The van der Waals surface area contributed by atoms with E-state index in [1.807, 2.05) is 6.07 Å². The van der Waals surface area contributed by atoms with E-state index >= 15 is 0 Å². The fourth-order valence-electron chi connectivity index (χ4n) is 7.60. The van der Waals surface area contributed by atoms with E-state index in [1.54, 1.807) is 30.3 Å². The van der Waals surface area contributed by atoms with Gasteiger partial charge in [0.2, 0.25) is 0 Å². The van der Waals surface area contributed by atoms with E-state index in [0.29, 0.717) is 11.5 Å². The van der Waals surface area contributed by atoms with Gasteiger partial charge in [-0.3, -0.25) is 4.55 Å². The summed E-state index contributed by atoms with van der Waals surface area (Å²) >= 11 is 0. The number of rotatable bonds is 32. The molecule has 356 valence electrons. The fraction of sp³-hybridized carbons (Fsp3) is 0.538. The van der Waals surface area contributed by atoms with Gasteiger partial charge in [-0.05, 0) is 79.8 Å². The van der Waals surface area contributed by atoms with Crippen molar-refractivity contribution in [1.29, 1.82) is 0 Å². The summed E-state index contributed by atoms with van der Waals surface area (Å²) in [4.78, 5) is -0.594. The molecular weight excluding hydrogens is 889 g/mol. The minimum Gasteiger partial charge on any atom is -0.872 e. The number of phenols is 1. The minimum atomic E-state index is -4.55. The first-order valence-electron chi connectivity index (χ1n) is 23.9. The number of phenolic OH excluding ortho intramolecular Hbond substituents is 1. The van der Waals surface area contributed by atoms with Crippen molar-refractivity contribution in [1.82, 2.24) is 0 Å². The van der Waals surface area contributed by atoms with Gasteiger partial charge in [0.1, 0.15) is 38.9 Å². The summed E-state index contributed by atoms with van der Waals surface area (Å²) in [7, 11) is -8.84. The summed E-state index contributed by atoms with van der Waals surface area (Å²) in [6.45, 7) is 4.50. The Labute approximate surface area is 421 Å². The summed E-state index contributed by atoms with van der Waals surface area (Å²) in [6, 6.07) is 21.0. The van der Waals surface area contributed by atoms with Crippen LogP contribution in [0.2, 0.25) is 0 Å². The van der Waals surface area contributed by atoms with E-state index in [1.165, 1.54) is 171 Å². The molecule has 0 saturated carbocycles. The first-order chi connectivity index (χ1) is 30.8. The number of ether oxygens (including phenoxy) is 2. The van der Waals surface area contributed by atoms with Crippen LogP contribution in [0.15, 0.2) is 94.7 Å². The van der Waals surface area contributed by atoms with Gasteiger partial charge in [-0.25, -0.2) is 8.42 Å². The van der Waals surface area contributed by atoms with Gasteiger partial charge in [-0.15, -0.1) is 5.75 Å². The Morgan fingerprint density at radius 1 is 0.462 bits per heavy atom. The molecule has 0 aliphatic carbocycles. The number of unbranched alkanes of at least 4 members (excludes halogenated alkanes) is 22. The Morgan fingerprint density at radius 2 is 0.815 bits per heavy atom. The van der Waals surface area contributed by atoms with Crippen LogP contribution in [0.1, 0.15) is 179 Å². The van der Waals surface area contributed by atoms with Gasteiger partial charge in [0.25, 0.3) is 10.1 Å². The van der Waals surface area contributed by atoms with E-state index in [9.17, 15) is 31.6 Å². The molecule has 0 spiro atoms. The first kappa shape index (κ1) is 58.3. The summed E-state index contributed by atoms with van der Waals surface area (Å²) in [5, 5.41) is 22.7. The van der Waals surface area contributed by atoms with Crippen molar-refractivity contribution in [3.05, 3.63) is 96.1 Å². The Morgan fingerprint density at radius 3 is 1.22 bits per heavy atom. The third-order valence-electron chi connectivity index (χ3n) is 11.4. The summed E-state index contributed by atoms with van der Waals surface area (Å²) in [5.41, 5.74) is 1.65. The SMILES string of the molecule is CCCCCCCCCCCCCCc1ccc(Oc2cccc(S(=O)(=O)O)c2)cc1O.CCCCCCCCCCCCCCc1ccc(Oc2cccc(S(=O)(=O)[O-])c2)cc1[O-].[Ca+2]. The van der Waals surface area contributed by atoms with Crippen molar-refractivity contribution >= 4 is 58.0 Å². The normalized spacial score (nSPS) is 11.4. The number of aromatic hydroxyl groups is 1. The van der Waals surface area contributed by atoms with E-state index in [2.05, 4.69) is 13.8 Å². The summed E-state index contributed by atoms with van der Waals surface area (Å²) in [6.07, 6.45) is 32.6. The number of hydrogen-bond acceptors (Lipinski definition) is 9. The standard InChI is InChI=1S/2C26H38O5S.Ca/c2*1-2-3-4-5-6-7-8-9-10-11-12-13-15-22-18-19-24(21-26(22)27)31-23-16-14-17-25(20-23)32(28,29)30;/h2*14,16-21,27H,2-13,15H2,1H3,(H,28,29,30);/q;;+2/p-2. The number of benzene rings is 4. The molecule has 10 nitrogen and oxygen atoms in total. The van der Waals surface area contributed by atoms with E-state index < -0.39 is 20.2 Å². The molecule has 13 heteroatoms. The van der Waals surface area contributed by atoms with Crippen LogP contribution < -0.4 is 14.6 Å². The second-order valence-corrected chi connectivity index (χ2v) is 19.7. The average Bonchev–Trinajstić information content (AvgIpc) is 3.25. The van der Waals surface area contributed by atoms with Gasteiger partial charge >= 0.3 is 37.7 Å². The zero-order valence-corrected chi connectivity index (χ0v) is 43.0. The Bertz CT molecular complexity index is 1970. The molecule has 0 aliphatic rings. The van der Waals surface area contributed by atoms with Crippen molar-refractivity contribution in [3.8, 4) is 34.5 Å². The van der Waals surface area contributed by atoms with Crippen molar-refractivity contribution in [2.24, 2.45) is 0 Å². The molecule has 0 amide bonds. The van der Waals surface area contributed by atoms with Crippen LogP contribution in [0, 0.1) is 0 Å². The molecule has 4 aromatic rings. The van der Waals surface area contributed by atoms with E-state index in [-0.39, 0.29) is 70.5 Å². The van der Waals surface area contributed by atoms with Crippen LogP contribution in [0.4, 0.5) is 0 Å². The van der Waals surface area contributed by atoms with Crippen LogP contribution in [-0.2, 0) is 33.1 Å². The maximum atomic E-state index is 12.4. The van der Waals surface area contributed by atoms with Crippen molar-refractivity contribution < 1.29 is 45.6 Å². The van der Waals surface area contributed by atoms with Crippen LogP contribution in [0.3, 0.4) is 0 Å². The molecule has 65 heavy (non-hydrogen) atoms. The zero-order chi connectivity index (χ0) is 46.5. The molecule has 0 aromatic heterocycles. The Hall–Kier alpha value is -2.84. The zero-order valence-electron chi connectivity index (χ0n) is 39.2. The van der Waals surface area contributed by atoms with Gasteiger partial charge < -0.3 is 24.2 Å². The first-order valence-corrected chi connectivity index (χ1v) is 26.8. The van der Waals surface area contributed by atoms with Gasteiger partial charge in [0.05, 0.1) is 9.79 Å². The molecule has 0 heterocycles. The number of hydrogen-bond donors (Lipinski definition) is 2. The molecule has 0 bridgehead atoms. The third-order valence-corrected chi connectivity index (χ3v) is 13.0. The van der Waals surface area contributed by atoms with Crippen LogP contribution in [0.25, 0.3) is 0 Å². The molecular formula is C52H74CaO10S2. The second-order valence-electron chi connectivity index (χ2n) is 16.9. The third kappa shape index (κ3) is 25.8. The monoisotopic (exact) mass is 962 g/mol. The quantitative estimate of drug-likeness (QED) is 0.0272. The van der Waals surface area contributed by atoms with Gasteiger partial charge in [-0.1, -0.05) is 185 Å². The second kappa shape index (κ2) is 33.6. The molecule has 0 fully saturated rings. The fourth-order valence-corrected chi connectivity index (χ4v) is 8.62.